The Balaban J connectivity index is 0.00000160. The van der Waals surface area contributed by atoms with Crippen LogP contribution in [0.25, 0.3) is 11.3 Å². The Morgan fingerprint density at radius 3 is 2.73 bits per heavy atom. The number of hydrogen-bond acceptors (Lipinski definition) is 6. The molecule has 5 N–H and O–H groups in total. The fourth-order valence-electron chi connectivity index (χ4n) is 3.42. The molecule has 0 saturated heterocycles. The second-order valence-corrected chi connectivity index (χ2v) is 6.43. The fourth-order valence-corrected chi connectivity index (χ4v) is 3.42. The zero-order chi connectivity index (χ0) is 19.7. The Morgan fingerprint density at radius 2 is 2.00 bits per heavy atom. The van der Waals surface area contributed by atoms with E-state index in [0.29, 0.717) is 17.2 Å². The highest BCUT2D eigenvalue weighted by Gasteiger charge is 2.22. The van der Waals surface area contributed by atoms with Crippen LogP contribution in [-0.2, 0) is 6.42 Å². The standard InChI is InChI=1S/C20H20N6O2.2ClH/c1-28-13-5-2-4-12(10-13)18-11-26(20(22)23-18)24-17-9-8-14-15(17)6-3-7-16(14)19(21)25-27;;/h2-7,10-11,27H,8-9H2,1H3,(H2,21,25)(H2,22,23);2*1H/b24-17+;;. The first-order valence-corrected chi connectivity index (χ1v) is 8.79. The summed E-state index contributed by atoms with van der Waals surface area (Å²) in [6.07, 6.45) is 3.25. The summed E-state index contributed by atoms with van der Waals surface area (Å²) in [5.41, 5.74) is 13.1. The van der Waals surface area contributed by atoms with Crippen molar-refractivity contribution in [3.05, 3.63) is 65.4 Å². The predicted octanol–water partition coefficient (Wildman–Crippen LogP) is 3.49. The highest BCUT2D eigenvalue weighted by atomic mass is 35.5. The van der Waals surface area contributed by atoms with E-state index >= 15 is 0 Å². The molecule has 158 valence electrons. The van der Waals surface area contributed by atoms with Crippen LogP contribution in [0.1, 0.15) is 23.1 Å². The number of rotatable bonds is 4. The second-order valence-electron chi connectivity index (χ2n) is 6.43. The first-order valence-electron chi connectivity index (χ1n) is 8.79. The molecule has 1 aliphatic rings. The number of halogens is 2. The molecule has 2 aromatic carbocycles. The third-order valence-corrected chi connectivity index (χ3v) is 4.79. The largest absolute Gasteiger partial charge is 0.497 e. The lowest BCUT2D eigenvalue weighted by molar-refractivity contribution is 0.234. The van der Waals surface area contributed by atoms with Crippen LogP contribution in [0.5, 0.6) is 5.75 Å². The Labute approximate surface area is 186 Å². The van der Waals surface area contributed by atoms with Gasteiger partial charge in [0, 0.05) is 16.7 Å². The predicted molar refractivity (Wildman–Crippen MR) is 122 cm³/mol. The van der Waals surface area contributed by atoms with Gasteiger partial charge < -0.3 is 10.5 Å². The smallest absolute Gasteiger partial charge is 0.221 e. The van der Waals surface area contributed by atoms with Crippen molar-refractivity contribution in [2.45, 2.75) is 12.8 Å². The number of nitrogen functional groups attached to an aromatic ring is 1. The summed E-state index contributed by atoms with van der Waals surface area (Å²) >= 11 is 0. The normalized spacial score (nSPS) is 13.2. The highest BCUT2D eigenvalue weighted by molar-refractivity contribution is 6.08. The van der Waals surface area contributed by atoms with Crippen LogP contribution in [0, 0.1) is 5.41 Å². The lowest BCUT2D eigenvalue weighted by atomic mass is 10.0. The van der Waals surface area contributed by atoms with Crippen molar-refractivity contribution >= 4 is 42.3 Å². The highest BCUT2D eigenvalue weighted by Crippen LogP contribution is 2.28. The van der Waals surface area contributed by atoms with Gasteiger partial charge >= 0.3 is 0 Å². The molecular weight excluding hydrogens is 427 g/mol. The van der Waals surface area contributed by atoms with Crippen LogP contribution < -0.4 is 16.0 Å². The Kier molecular flexibility index (Phi) is 7.44. The van der Waals surface area contributed by atoms with Crippen LogP contribution in [-0.4, -0.2) is 33.5 Å². The molecule has 0 bridgehead atoms. The van der Waals surface area contributed by atoms with Crippen molar-refractivity contribution < 1.29 is 9.94 Å². The summed E-state index contributed by atoms with van der Waals surface area (Å²) in [4.78, 5) is 4.41. The molecular formula is C20H22Cl2N6O2. The van der Waals surface area contributed by atoms with E-state index in [-0.39, 0.29) is 30.6 Å². The van der Waals surface area contributed by atoms with E-state index < -0.39 is 0 Å². The lowest BCUT2D eigenvalue weighted by Crippen LogP contribution is -2.20. The van der Waals surface area contributed by atoms with E-state index in [4.69, 9.17) is 21.1 Å². The number of nitrogens with two attached hydrogens (primary N) is 1. The van der Waals surface area contributed by atoms with Crippen LogP contribution >= 0.6 is 24.8 Å². The Bertz CT molecular complexity index is 1100. The molecule has 1 aliphatic carbocycles. The summed E-state index contributed by atoms with van der Waals surface area (Å²) in [5, 5.41) is 21.6. The molecule has 0 fully saturated rings. The number of hydrogen-bond donors (Lipinski definition) is 4. The number of hydroxylamine groups is 1. The van der Waals surface area contributed by atoms with Gasteiger partial charge in [-0.3, -0.25) is 16.1 Å². The van der Waals surface area contributed by atoms with E-state index in [0.717, 1.165) is 41.0 Å². The quantitative estimate of drug-likeness (QED) is 0.276. The minimum atomic E-state index is -0.0273. The summed E-state index contributed by atoms with van der Waals surface area (Å²) in [5.74, 6) is 1.01. The summed E-state index contributed by atoms with van der Waals surface area (Å²) in [6, 6.07) is 13.2. The monoisotopic (exact) mass is 448 g/mol. The Morgan fingerprint density at radius 1 is 1.23 bits per heavy atom. The van der Waals surface area contributed by atoms with E-state index in [1.54, 1.807) is 24.0 Å². The van der Waals surface area contributed by atoms with Crippen molar-refractivity contribution in [1.82, 2.24) is 15.1 Å². The molecule has 1 heterocycles. The van der Waals surface area contributed by atoms with Crippen molar-refractivity contribution in [2.75, 3.05) is 12.8 Å². The van der Waals surface area contributed by atoms with Gasteiger partial charge in [-0.25, -0.2) is 9.66 Å². The first kappa shape index (κ1) is 23.2. The minimum Gasteiger partial charge on any atom is -0.497 e. The number of ether oxygens (including phenoxy) is 1. The summed E-state index contributed by atoms with van der Waals surface area (Å²) < 4.78 is 6.84. The average molecular weight is 449 g/mol. The molecule has 4 rings (SSSR count). The van der Waals surface area contributed by atoms with Gasteiger partial charge in [0.2, 0.25) is 5.95 Å². The van der Waals surface area contributed by atoms with Gasteiger partial charge in [0.1, 0.15) is 11.6 Å². The maximum absolute atomic E-state index is 9.06. The third-order valence-electron chi connectivity index (χ3n) is 4.79. The second kappa shape index (κ2) is 9.62. The van der Waals surface area contributed by atoms with E-state index in [9.17, 15) is 0 Å². The molecule has 0 aliphatic heterocycles. The van der Waals surface area contributed by atoms with Gasteiger partial charge in [0.15, 0.2) is 0 Å². The number of imidazole rings is 1. The molecule has 8 nitrogen and oxygen atoms in total. The van der Waals surface area contributed by atoms with Gasteiger partial charge in [0.25, 0.3) is 0 Å². The van der Waals surface area contributed by atoms with Crippen LogP contribution in [0.3, 0.4) is 0 Å². The van der Waals surface area contributed by atoms with Crippen LogP contribution in [0.2, 0.25) is 0 Å². The molecule has 3 aromatic rings. The van der Waals surface area contributed by atoms with Gasteiger partial charge in [-0.2, -0.15) is 5.10 Å². The van der Waals surface area contributed by atoms with Gasteiger partial charge in [-0.05, 0) is 30.5 Å². The molecule has 0 spiro atoms. The summed E-state index contributed by atoms with van der Waals surface area (Å²) in [6.45, 7) is 0. The Hall–Kier alpha value is -3.07. The molecule has 0 unspecified atom stereocenters. The topological polar surface area (TPSA) is 122 Å². The molecule has 0 saturated carbocycles. The number of anilines is 1. The van der Waals surface area contributed by atoms with E-state index in [1.165, 1.54) is 0 Å². The molecule has 30 heavy (non-hydrogen) atoms. The van der Waals surface area contributed by atoms with Crippen LogP contribution in [0.15, 0.2) is 53.8 Å². The number of amidine groups is 1. The number of benzene rings is 2. The van der Waals surface area contributed by atoms with Gasteiger partial charge in [-0.1, -0.05) is 30.3 Å². The first-order chi connectivity index (χ1) is 13.6. The number of aromatic nitrogens is 2. The fraction of sp³-hybridized carbons (Fsp3) is 0.150. The molecule has 1 aromatic heterocycles. The van der Waals surface area contributed by atoms with Crippen LogP contribution in [0.4, 0.5) is 5.95 Å². The van der Waals surface area contributed by atoms with Crippen molar-refractivity contribution in [1.29, 1.82) is 5.41 Å². The zero-order valence-electron chi connectivity index (χ0n) is 16.1. The van der Waals surface area contributed by atoms with Gasteiger partial charge in [-0.15, -0.1) is 24.8 Å². The number of nitrogens with zero attached hydrogens (tertiary/aromatic N) is 3. The van der Waals surface area contributed by atoms with Crippen molar-refractivity contribution in [2.24, 2.45) is 5.10 Å². The number of fused-ring (bicyclic) bond motifs is 1. The molecule has 0 atom stereocenters. The molecule has 0 radical (unpaired) electrons. The number of methoxy groups -OCH3 is 1. The average Bonchev–Trinajstić information content (AvgIpc) is 3.31. The van der Waals surface area contributed by atoms with E-state index in [1.807, 2.05) is 41.9 Å². The lowest BCUT2D eigenvalue weighted by Gasteiger charge is -2.08. The van der Waals surface area contributed by atoms with Gasteiger partial charge in [0.05, 0.1) is 24.7 Å². The SMILES string of the molecule is COc1cccc(-c2cn(/N=C3\CCc4c(C(=N)NO)cccc43)c(N)n2)c1.Cl.Cl. The molecule has 0 amide bonds. The maximum atomic E-state index is 9.06. The minimum absolute atomic E-state index is 0. The molecule has 10 heteroatoms. The maximum Gasteiger partial charge on any atom is 0.221 e. The third kappa shape index (κ3) is 4.25. The summed E-state index contributed by atoms with van der Waals surface area (Å²) in [7, 11) is 1.62. The zero-order valence-corrected chi connectivity index (χ0v) is 17.8. The van der Waals surface area contributed by atoms with E-state index in [2.05, 4.69) is 10.1 Å². The van der Waals surface area contributed by atoms with Crippen molar-refractivity contribution in [3.63, 3.8) is 0 Å². The van der Waals surface area contributed by atoms with Crippen molar-refractivity contribution in [3.8, 4) is 17.0 Å². The number of nitrogens with one attached hydrogen (secondary N) is 2.